The second-order valence-corrected chi connectivity index (χ2v) is 4.66. The van der Waals surface area contributed by atoms with E-state index in [2.05, 4.69) is 5.32 Å². The average molecular weight is 265 g/mol. The van der Waals surface area contributed by atoms with Crippen LogP contribution in [0.15, 0.2) is 18.2 Å². The van der Waals surface area contributed by atoms with Crippen molar-refractivity contribution in [3.05, 3.63) is 23.8 Å². The molecule has 0 unspecified atom stereocenters. The van der Waals surface area contributed by atoms with Crippen LogP contribution in [0, 0.1) is 6.92 Å². The quantitative estimate of drug-likeness (QED) is 0.859. The number of hydrogen-bond donors (Lipinski definition) is 1. The number of carbonyl (C=O) groups is 1. The van der Waals surface area contributed by atoms with Crippen LogP contribution in [0.2, 0.25) is 0 Å². The van der Waals surface area contributed by atoms with Crippen LogP contribution in [-0.2, 0) is 9.53 Å². The Labute approximate surface area is 115 Å². The number of amides is 1. The SMILES string of the molecule is CCO[C@@](C)(CC)C(=O)Nc1ccc(OC)c(C)c1. The molecule has 1 rings (SSSR count). The number of ether oxygens (including phenoxy) is 2. The molecule has 4 nitrogen and oxygen atoms in total. The van der Waals surface area contributed by atoms with Gasteiger partial charge in [-0.1, -0.05) is 6.92 Å². The molecule has 0 bridgehead atoms. The summed E-state index contributed by atoms with van der Waals surface area (Å²) in [6.07, 6.45) is 0.627. The second kappa shape index (κ2) is 6.57. The molecule has 1 N–H and O–H groups in total. The second-order valence-electron chi connectivity index (χ2n) is 4.66. The molecule has 4 heteroatoms. The van der Waals surface area contributed by atoms with Gasteiger partial charge in [-0.2, -0.15) is 0 Å². The Bertz CT molecular complexity index is 445. The van der Waals surface area contributed by atoms with Crippen molar-refractivity contribution in [2.24, 2.45) is 0 Å². The highest BCUT2D eigenvalue weighted by Crippen LogP contribution is 2.23. The molecular formula is C15H23NO3. The minimum Gasteiger partial charge on any atom is -0.496 e. The van der Waals surface area contributed by atoms with Crippen molar-refractivity contribution in [1.29, 1.82) is 0 Å². The van der Waals surface area contributed by atoms with Gasteiger partial charge in [-0.05, 0) is 51.0 Å². The van der Waals surface area contributed by atoms with E-state index in [1.807, 2.05) is 45.9 Å². The Morgan fingerprint density at radius 3 is 2.53 bits per heavy atom. The zero-order valence-corrected chi connectivity index (χ0v) is 12.4. The van der Waals surface area contributed by atoms with Crippen LogP contribution in [-0.4, -0.2) is 25.2 Å². The lowest BCUT2D eigenvalue weighted by Crippen LogP contribution is -2.42. The van der Waals surface area contributed by atoms with E-state index in [4.69, 9.17) is 9.47 Å². The van der Waals surface area contributed by atoms with Gasteiger partial charge >= 0.3 is 0 Å². The molecule has 0 saturated carbocycles. The maximum atomic E-state index is 12.3. The Kier molecular flexibility index (Phi) is 5.36. The van der Waals surface area contributed by atoms with Gasteiger partial charge in [-0.25, -0.2) is 0 Å². The van der Waals surface area contributed by atoms with Crippen LogP contribution >= 0.6 is 0 Å². The molecule has 1 aromatic carbocycles. The van der Waals surface area contributed by atoms with Gasteiger partial charge in [0.1, 0.15) is 11.4 Å². The van der Waals surface area contributed by atoms with E-state index in [0.29, 0.717) is 13.0 Å². The van der Waals surface area contributed by atoms with E-state index in [1.165, 1.54) is 0 Å². The maximum absolute atomic E-state index is 12.3. The summed E-state index contributed by atoms with van der Waals surface area (Å²) in [6, 6.07) is 5.55. The predicted molar refractivity (Wildman–Crippen MR) is 76.7 cm³/mol. The van der Waals surface area contributed by atoms with Crippen molar-refractivity contribution in [2.75, 3.05) is 19.0 Å². The summed E-state index contributed by atoms with van der Waals surface area (Å²) in [6.45, 7) is 8.09. The Balaban J connectivity index is 2.84. The molecule has 1 atom stereocenters. The Hall–Kier alpha value is -1.55. The van der Waals surface area contributed by atoms with Crippen LogP contribution in [0.1, 0.15) is 32.8 Å². The van der Waals surface area contributed by atoms with Gasteiger partial charge in [0.25, 0.3) is 5.91 Å². The first-order chi connectivity index (χ1) is 8.96. The summed E-state index contributed by atoms with van der Waals surface area (Å²) >= 11 is 0. The Morgan fingerprint density at radius 2 is 2.05 bits per heavy atom. The highest BCUT2D eigenvalue weighted by molar-refractivity contribution is 5.97. The third kappa shape index (κ3) is 3.70. The largest absolute Gasteiger partial charge is 0.496 e. The molecule has 0 aliphatic heterocycles. The fraction of sp³-hybridized carbons (Fsp3) is 0.533. The third-order valence-corrected chi connectivity index (χ3v) is 3.27. The Morgan fingerprint density at radius 1 is 1.37 bits per heavy atom. The number of aryl methyl sites for hydroxylation is 1. The predicted octanol–water partition coefficient (Wildman–Crippen LogP) is 3.15. The summed E-state index contributed by atoms with van der Waals surface area (Å²) in [4.78, 5) is 12.3. The van der Waals surface area contributed by atoms with Crippen molar-refractivity contribution in [1.82, 2.24) is 0 Å². The monoisotopic (exact) mass is 265 g/mol. The number of anilines is 1. The standard InChI is InChI=1S/C15H23NO3/c1-6-15(4,19-7-2)14(17)16-12-8-9-13(18-5)11(3)10-12/h8-10H,6-7H2,1-5H3,(H,16,17)/t15-/m0/s1. The van der Waals surface area contributed by atoms with Crippen molar-refractivity contribution in [3.8, 4) is 5.75 Å². The molecule has 19 heavy (non-hydrogen) atoms. The van der Waals surface area contributed by atoms with Gasteiger partial charge in [0.2, 0.25) is 0 Å². The molecule has 0 aliphatic carbocycles. The lowest BCUT2D eigenvalue weighted by molar-refractivity contribution is -0.139. The van der Waals surface area contributed by atoms with Gasteiger partial charge in [0.05, 0.1) is 7.11 Å². The number of rotatable bonds is 6. The zero-order chi connectivity index (χ0) is 14.5. The van der Waals surface area contributed by atoms with E-state index >= 15 is 0 Å². The first kappa shape index (κ1) is 15.5. The minimum atomic E-state index is -0.789. The van der Waals surface area contributed by atoms with Crippen molar-refractivity contribution in [2.45, 2.75) is 39.7 Å². The maximum Gasteiger partial charge on any atom is 0.256 e. The number of carbonyl (C=O) groups excluding carboxylic acids is 1. The summed E-state index contributed by atoms with van der Waals surface area (Å²) in [5.41, 5.74) is 0.945. The lowest BCUT2D eigenvalue weighted by atomic mass is 10.0. The molecule has 0 spiro atoms. The van der Waals surface area contributed by atoms with Gasteiger partial charge in [0.15, 0.2) is 0 Å². The van der Waals surface area contributed by atoms with Crippen molar-refractivity contribution >= 4 is 11.6 Å². The lowest BCUT2D eigenvalue weighted by Gasteiger charge is -2.26. The van der Waals surface area contributed by atoms with Gasteiger partial charge < -0.3 is 14.8 Å². The molecule has 0 aliphatic rings. The normalized spacial score (nSPS) is 13.7. The van der Waals surface area contributed by atoms with Crippen molar-refractivity contribution < 1.29 is 14.3 Å². The van der Waals surface area contributed by atoms with E-state index in [1.54, 1.807) is 7.11 Å². The van der Waals surface area contributed by atoms with E-state index in [0.717, 1.165) is 17.0 Å². The molecule has 1 amide bonds. The van der Waals surface area contributed by atoms with Crippen LogP contribution < -0.4 is 10.1 Å². The fourth-order valence-corrected chi connectivity index (χ4v) is 1.87. The molecular weight excluding hydrogens is 242 g/mol. The van der Waals surface area contributed by atoms with Gasteiger partial charge in [0, 0.05) is 12.3 Å². The number of methoxy groups -OCH3 is 1. The number of hydrogen-bond acceptors (Lipinski definition) is 3. The minimum absolute atomic E-state index is 0.124. The van der Waals surface area contributed by atoms with Crippen molar-refractivity contribution in [3.63, 3.8) is 0 Å². The van der Waals surface area contributed by atoms with Crippen LogP contribution in [0.4, 0.5) is 5.69 Å². The number of nitrogens with one attached hydrogen (secondary N) is 1. The summed E-state index contributed by atoms with van der Waals surface area (Å²) < 4.78 is 10.7. The molecule has 0 heterocycles. The smallest absolute Gasteiger partial charge is 0.256 e. The highest BCUT2D eigenvalue weighted by atomic mass is 16.5. The summed E-state index contributed by atoms with van der Waals surface area (Å²) in [5, 5.41) is 2.89. The van der Waals surface area contributed by atoms with Crippen LogP contribution in [0.25, 0.3) is 0 Å². The molecule has 0 saturated heterocycles. The summed E-state index contributed by atoms with van der Waals surface area (Å²) in [7, 11) is 1.63. The third-order valence-electron chi connectivity index (χ3n) is 3.27. The molecule has 0 radical (unpaired) electrons. The highest BCUT2D eigenvalue weighted by Gasteiger charge is 2.31. The average Bonchev–Trinajstić information content (AvgIpc) is 2.39. The first-order valence-electron chi connectivity index (χ1n) is 6.57. The number of benzene rings is 1. The zero-order valence-electron chi connectivity index (χ0n) is 12.4. The molecule has 0 aromatic heterocycles. The van der Waals surface area contributed by atoms with Crippen LogP contribution in [0.5, 0.6) is 5.75 Å². The first-order valence-corrected chi connectivity index (χ1v) is 6.57. The van der Waals surface area contributed by atoms with E-state index in [9.17, 15) is 4.79 Å². The van der Waals surface area contributed by atoms with E-state index < -0.39 is 5.60 Å². The van der Waals surface area contributed by atoms with Crippen LogP contribution in [0.3, 0.4) is 0 Å². The van der Waals surface area contributed by atoms with E-state index in [-0.39, 0.29) is 5.91 Å². The molecule has 1 aromatic rings. The topological polar surface area (TPSA) is 47.6 Å². The molecule has 0 fully saturated rings. The van der Waals surface area contributed by atoms with Gasteiger partial charge in [-0.3, -0.25) is 4.79 Å². The van der Waals surface area contributed by atoms with Gasteiger partial charge in [-0.15, -0.1) is 0 Å². The molecule has 106 valence electrons. The fourth-order valence-electron chi connectivity index (χ4n) is 1.87. The summed E-state index contributed by atoms with van der Waals surface area (Å²) in [5.74, 6) is 0.683.